The average molecular weight is 374 g/mol. The van der Waals surface area contributed by atoms with E-state index in [4.69, 9.17) is 17.0 Å². The summed E-state index contributed by atoms with van der Waals surface area (Å²) in [5.41, 5.74) is 0.198. The zero-order valence-electron chi connectivity index (χ0n) is 14.6. The summed E-state index contributed by atoms with van der Waals surface area (Å²) in [7, 11) is 1.56. The van der Waals surface area contributed by atoms with Gasteiger partial charge in [0.15, 0.2) is 4.77 Å². The first kappa shape index (κ1) is 18.2. The number of benzene rings is 1. The highest BCUT2D eigenvalue weighted by molar-refractivity contribution is 7.71. The van der Waals surface area contributed by atoms with E-state index in [1.165, 1.54) is 23.6 Å². The summed E-state index contributed by atoms with van der Waals surface area (Å²) in [4.78, 5) is 14.9. The number of methoxy groups -OCH3 is 1. The van der Waals surface area contributed by atoms with E-state index >= 15 is 0 Å². The molecule has 1 aliphatic heterocycles. The second-order valence-electron chi connectivity index (χ2n) is 6.15. The summed E-state index contributed by atoms with van der Waals surface area (Å²) < 4.78 is 6.71. The van der Waals surface area contributed by atoms with E-state index in [0.29, 0.717) is 11.4 Å². The van der Waals surface area contributed by atoms with Gasteiger partial charge in [0, 0.05) is 19.2 Å². The molecule has 2 N–H and O–H groups in total. The van der Waals surface area contributed by atoms with Crippen LogP contribution in [0.2, 0.25) is 0 Å². The Morgan fingerprint density at radius 1 is 1.27 bits per heavy atom. The molecule has 0 bridgehead atoms. The molecule has 1 aromatic heterocycles. The minimum atomic E-state index is -0.467. The molecule has 0 atom stereocenters. The lowest BCUT2D eigenvalue weighted by Gasteiger charge is -2.16. The number of ether oxygens (including phenoxy) is 1. The number of H-pyrrole nitrogens is 1. The van der Waals surface area contributed by atoms with Crippen molar-refractivity contribution in [2.24, 2.45) is 5.10 Å². The average Bonchev–Trinajstić information content (AvgIpc) is 2.90. The van der Waals surface area contributed by atoms with Crippen LogP contribution in [0.5, 0.6) is 11.6 Å². The van der Waals surface area contributed by atoms with E-state index in [0.717, 1.165) is 25.9 Å². The van der Waals surface area contributed by atoms with Crippen molar-refractivity contribution in [3.05, 3.63) is 45.0 Å². The van der Waals surface area contributed by atoms with Crippen LogP contribution in [-0.4, -0.2) is 46.1 Å². The summed E-state index contributed by atoms with van der Waals surface area (Å²) in [6, 6.07) is 7.07. The fraction of sp³-hybridized carbons (Fsp3) is 0.389. The van der Waals surface area contributed by atoms with Gasteiger partial charge in [-0.2, -0.15) is 5.10 Å². The standard InChI is InChI=1S/C18H22N4O3S/c1-25-14-8-6-7-13(11-14)22-17(24)15(16(23)20-18(22)26)12-19-21-9-4-2-3-5-10-21/h6-8,11-12,24H,2-5,9-10H2,1H3,(H,20,23,26). The van der Waals surface area contributed by atoms with Crippen LogP contribution in [-0.2, 0) is 0 Å². The topological polar surface area (TPSA) is 82.8 Å². The zero-order chi connectivity index (χ0) is 18.5. The minimum Gasteiger partial charge on any atom is -0.497 e. The van der Waals surface area contributed by atoms with Crippen LogP contribution in [0.15, 0.2) is 34.2 Å². The molecule has 3 rings (SSSR count). The van der Waals surface area contributed by atoms with Crippen molar-refractivity contribution in [3.8, 4) is 17.3 Å². The van der Waals surface area contributed by atoms with Crippen molar-refractivity contribution in [2.45, 2.75) is 25.7 Å². The third kappa shape index (κ3) is 3.96. The molecule has 2 aromatic rings. The predicted molar refractivity (Wildman–Crippen MR) is 103 cm³/mol. The molecule has 7 nitrogen and oxygen atoms in total. The molecule has 1 saturated heterocycles. The molecule has 0 amide bonds. The maximum atomic E-state index is 12.3. The van der Waals surface area contributed by atoms with Gasteiger partial charge in [-0.15, -0.1) is 0 Å². The van der Waals surface area contributed by atoms with Gasteiger partial charge < -0.3 is 9.84 Å². The summed E-state index contributed by atoms with van der Waals surface area (Å²) in [6.45, 7) is 1.70. The molecule has 1 aromatic carbocycles. The SMILES string of the molecule is COc1cccc(-n2c(O)c(C=NN3CCCCCC3)c(=O)[nH]c2=S)c1. The summed E-state index contributed by atoms with van der Waals surface area (Å²) in [6.07, 6.45) is 5.95. The Balaban J connectivity index is 2.01. The lowest BCUT2D eigenvalue weighted by atomic mass is 10.2. The van der Waals surface area contributed by atoms with Crippen LogP contribution in [0, 0.1) is 4.77 Å². The van der Waals surface area contributed by atoms with E-state index in [1.807, 2.05) is 5.01 Å². The largest absolute Gasteiger partial charge is 0.497 e. The summed E-state index contributed by atoms with van der Waals surface area (Å²) in [5, 5.41) is 17.0. The number of hydrogen-bond donors (Lipinski definition) is 2. The Bertz CT molecular complexity index is 911. The van der Waals surface area contributed by atoms with E-state index in [9.17, 15) is 9.90 Å². The molecule has 1 aliphatic rings. The lowest BCUT2D eigenvalue weighted by Crippen LogP contribution is -2.21. The quantitative estimate of drug-likeness (QED) is 0.635. The Hall–Kier alpha value is -2.61. The second kappa shape index (κ2) is 8.18. The van der Waals surface area contributed by atoms with Crippen molar-refractivity contribution in [1.82, 2.24) is 14.6 Å². The molecule has 0 aliphatic carbocycles. The van der Waals surface area contributed by atoms with Gasteiger partial charge in [0.25, 0.3) is 5.56 Å². The summed E-state index contributed by atoms with van der Waals surface area (Å²) in [5.74, 6) is 0.375. The maximum absolute atomic E-state index is 12.3. The van der Waals surface area contributed by atoms with Crippen LogP contribution in [0.1, 0.15) is 31.2 Å². The van der Waals surface area contributed by atoms with Gasteiger partial charge in [0.05, 0.1) is 19.0 Å². The smallest absolute Gasteiger partial charge is 0.264 e. The molecule has 26 heavy (non-hydrogen) atoms. The van der Waals surface area contributed by atoms with Crippen LogP contribution in [0.25, 0.3) is 5.69 Å². The van der Waals surface area contributed by atoms with E-state index in [2.05, 4.69) is 10.1 Å². The molecule has 1 fully saturated rings. The molecule has 8 heteroatoms. The Morgan fingerprint density at radius 2 is 2.00 bits per heavy atom. The predicted octanol–water partition coefficient (Wildman–Crippen LogP) is 2.82. The number of aromatic amines is 1. The molecule has 138 valence electrons. The lowest BCUT2D eigenvalue weighted by molar-refractivity contribution is 0.302. The van der Waals surface area contributed by atoms with Gasteiger partial charge >= 0.3 is 0 Å². The highest BCUT2D eigenvalue weighted by atomic mass is 32.1. The number of hydrazone groups is 1. The minimum absolute atomic E-state index is 0.0747. The fourth-order valence-corrected chi connectivity index (χ4v) is 3.24. The first-order valence-electron chi connectivity index (χ1n) is 8.62. The number of aromatic hydroxyl groups is 1. The fourth-order valence-electron chi connectivity index (χ4n) is 2.95. The molecule has 0 spiro atoms. The Morgan fingerprint density at radius 3 is 2.69 bits per heavy atom. The number of nitrogens with zero attached hydrogens (tertiary/aromatic N) is 3. The zero-order valence-corrected chi connectivity index (χ0v) is 15.5. The molecular formula is C18H22N4O3S. The van der Waals surface area contributed by atoms with Gasteiger partial charge in [-0.25, -0.2) is 0 Å². The van der Waals surface area contributed by atoms with Gasteiger partial charge in [0.1, 0.15) is 11.3 Å². The van der Waals surface area contributed by atoms with E-state index in [-0.39, 0.29) is 16.2 Å². The van der Waals surface area contributed by atoms with Crippen LogP contribution in [0.3, 0.4) is 0 Å². The molecule has 0 unspecified atom stereocenters. The normalized spacial score (nSPS) is 15.2. The van der Waals surface area contributed by atoms with Crippen LogP contribution >= 0.6 is 12.2 Å². The van der Waals surface area contributed by atoms with E-state index < -0.39 is 5.56 Å². The van der Waals surface area contributed by atoms with Gasteiger partial charge in [-0.3, -0.25) is 19.4 Å². The Kier molecular flexibility index (Phi) is 5.72. The number of aromatic nitrogens is 2. The van der Waals surface area contributed by atoms with Crippen molar-refractivity contribution in [2.75, 3.05) is 20.2 Å². The van der Waals surface area contributed by atoms with Gasteiger partial charge in [0.2, 0.25) is 5.88 Å². The van der Waals surface area contributed by atoms with Gasteiger partial charge in [-0.05, 0) is 37.2 Å². The monoisotopic (exact) mass is 374 g/mol. The van der Waals surface area contributed by atoms with Crippen molar-refractivity contribution in [1.29, 1.82) is 0 Å². The van der Waals surface area contributed by atoms with Crippen molar-refractivity contribution < 1.29 is 9.84 Å². The third-order valence-electron chi connectivity index (χ3n) is 4.36. The van der Waals surface area contributed by atoms with Crippen LogP contribution in [0.4, 0.5) is 0 Å². The number of nitrogens with one attached hydrogen (secondary N) is 1. The molecule has 0 saturated carbocycles. The summed E-state index contributed by atoms with van der Waals surface area (Å²) >= 11 is 5.23. The van der Waals surface area contributed by atoms with Crippen molar-refractivity contribution in [3.63, 3.8) is 0 Å². The number of rotatable bonds is 4. The molecule has 2 heterocycles. The maximum Gasteiger partial charge on any atom is 0.264 e. The molecular weight excluding hydrogens is 352 g/mol. The van der Waals surface area contributed by atoms with Crippen molar-refractivity contribution >= 4 is 18.4 Å². The van der Waals surface area contributed by atoms with Gasteiger partial charge in [-0.1, -0.05) is 18.9 Å². The van der Waals surface area contributed by atoms with Crippen LogP contribution < -0.4 is 10.3 Å². The van der Waals surface area contributed by atoms with E-state index in [1.54, 1.807) is 31.4 Å². The Labute approximate surface area is 156 Å². The first-order chi connectivity index (χ1) is 12.6. The molecule has 0 radical (unpaired) electrons. The second-order valence-corrected chi connectivity index (χ2v) is 6.53. The third-order valence-corrected chi connectivity index (χ3v) is 4.65. The first-order valence-corrected chi connectivity index (χ1v) is 9.02. The highest BCUT2D eigenvalue weighted by Crippen LogP contribution is 2.22. The number of hydrogen-bond acceptors (Lipinski definition) is 6. The highest BCUT2D eigenvalue weighted by Gasteiger charge is 2.14.